The molecular formula is C7H14ClNO2S. The Morgan fingerprint density at radius 1 is 1.50 bits per heavy atom. The molecule has 1 aliphatic carbocycles. The SMILES string of the molecule is CN(CC1CC1)S(=O)(=O)CCCl. The lowest BCUT2D eigenvalue weighted by molar-refractivity contribution is 0.454. The molecule has 0 bridgehead atoms. The zero-order chi connectivity index (χ0) is 9.19. The quantitative estimate of drug-likeness (QED) is 0.634. The van der Waals surface area contributed by atoms with E-state index >= 15 is 0 Å². The highest BCUT2D eigenvalue weighted by Gasteiger charge is 2.27. The molecule has 0 aliphatic heterocycles. The normalized spacial score (nSPS) is 18.6. The first-order chi connectivity index (χ1) is 5.56. The number of halogens is 1. The summed E-state index contributed by atoms with van der Waals surface area (Å²) in [5.41, 5.74) is 0. The van der Waals surface area contributed by atoms with Gasteiger partial charge in [-0.05, 0) is 18.8 Å². The van der Waals surface area contributed by atoms with Gasteiger partial charge in [0.2, 0.25) is 10.0 Å². The largest absolute Gasteiger partial charge is 0.215 e. The van der Waals surface area contributed by atoms with Gasteiger partial charge in [0, 0.05) is 19.5 Å². The molecule has 72 valence electrons. The minimum absolute atomic E-state index is 0.0533. The van der Waals surface area contributed by atoms with Gasteiger partial charge < -0.3 is 0 Å². The Bertz CT molecular complexity index is 236. The number of hydrogen-bond donors (Lipinski definition) is 0. The predicted molar refractivity (Wildman–Crippen MR) is 49.9 cm³/mol. The Kier molecular flexibility index (Phi) is 3.37. The van der Waals surface area contributed by atoms with Gasteiger partial charge in [-0.3, -0.25) is 0 Å². The van der Waals surface area contributed by atoms with E-state index in [0.717, 1.165) is 0 Å². The standard InChI is InChI=1S/C7H14ClNO2S/c1-9(6-7-2-3-7)12(10,11)5-4-8/h7H,2-6H2,1H3. The van der Waals surface area contributed by atoms with Crippen LogP contribution >= 0.6 is 11.6 Å². The van der Waals surface area contributed by atoms with Crippen LogP contribution < -0.4 is 0 Å². The Labute approximate surface area is 78.7 Å². The molecule has 1 fully saturated rings. The molecule has 12 heavy (non-hydrogen) atoms. The van der Waals surface area contributed by atoms with Gasteiger partial charge in [-0.1, -0.05) is 0 Å². The van der Waals surface area contributed by atoms with Crippen LogP contribution in [0.3, 0.4) is 0 Å². The van der Waals surface area contributed by atoms with Crippen molar-refractivity contribution in [1.82, 2.24) is 4.31 Å². The zero-order valence-electron chi connectivity index (χ0n) is 7.16. The molecule has 0 aromatic carbocycles. The molecule has 0 atom stereocenters. The van der Waals surface area contributed by atoms with Crippen molar-refractivity contribution in [1.29, 1.82) is 0 Å². The van der Waals surface area contributed by atoms with Crippen LogP contribution in [-0.2, 0) is 10.0 Å². The fraction of sp³-hybridized carbons (Fsp3) is 1.00. The van der Waals surface area contributed by atoms with Crippen LogP contribution in [0.25, 0.3) is 0 Å². The Hall–Kier alpha value is 0.200. The molecular weight excluding hydrogens is 198 g/mol. The summed E-state index contributed by atoms with van der Waals surface area (Å²) in [4.78, 5) is 0. The molecule has 0 amide bonds. The van der Waals surface area contributed by atoms with E-state index in [1.807, 2.05) is 0 Å². The van der Waals surface area contributed by atoms with E-state index in [2.05, 4.69) is 0 Å². The van der Waals surface area contributed by atoms with Gasteiger partial charge in [0.15, 0.2) is 0 Å². The maximum absolute atomic E-state index is 11.3. The minimum Gasteiger partial charge on any atom is -0.212 e. The molecule has 0 radical (unpaired) electrons. The van der Waals surface area contributed by atoms with E-state index in [0.29, 0.717) is 12.5 Å². The highest BCUT2D eigenvalue weighted by Crippen LogP contribution is 2.29. The maximum Gasteiger partial charge on any atom is 0.215 e. The molecule has 1 rings (SSSR count). The number of alkyl halides is 1. The maximum atomic E-state index is 11.3. The topological polar surface area (TPSA) is 37.4 Å². The third-order valence-corrected chi connectivity index (χ3v) is 4.25. The lowest BCUT2D eigenvalue weighted by Crippen LogP contribution is -2.31. The molecule has 0 heterocycles. The summed E-state index contributed by atoms with van der Waals surface area (Å²) < 4.78 is 24.1. The van der Waals surface area contributed by atoms with Crippen molar-refractivity contribution in [2.24, 2.45) is 5.92 Å². The average molecular weight is 212 g/mol. The fourth-order valence-corrected chi connectivity index (χ4v) is 2.56. The van der Waals surface area contributed by atoms with Crippen molar-refractivity contribution in [3.8, 4) is 0 Å². The number of sulfonamides is 1. The van der Waals surface area contributed by atoms with E-state index in [1.54, 1.807) is 7.05 Å². The molecule has 5 heteroatoms. The van der Waals surface area contributed by atoms with Crippen molar-refractivity contribution in [3.05, 3.63) is 0 Å². The van der Waals surface area contributed by atoms with Crippen LogP contribution in [0.2, 0.25) is 0 Å². The average Bonchev–Trinajstić information content (AvgIpc) is 2.71. The summed E-state index contributed by atoms with van der Waals surface area (Å²) in [5.74, 6) is 0.829. The third-order valence-electron chi connectivity index (χ3n) is 2.02. The van der Waals surface area contributed by atoms with Gasteiger partial charge in [0.25, 0.3) is 0 Å². The molecule has 0 unspecified atom stereocenters. The summed E-state index contributed by atoms with van der Waals surface area (Å²) >= 11 is 5.38. The van der Waals surface area contributed by atoms with Crippen LogP contribution in [0.1, 0.15) is 12.8 Å². The second kappa shape index (κ2) is 3.94. The zero-order valence-corrected chi connectivity index (χ0v) is 8.74. The summed E-state index contributed by atoms with van der Waals surface area (Å²) in [6.45, 7) is 0.666. The lowest BCUT2D eigenvalue weighted by atomic mass is 10.4. The first kappa shape index (κ1) is 10.3. The predicted octanol–water partition coefficient (Wildman–Crippen LogP) is 0.897. The van der Waals surface area contributed by atoms with Crippen molar-refractivity contribution >= 4 is 21.6 Å². The molecule has 0 N–H and O–H groups in total. The number of nitrogens with zero attached hydrogens (tertiary/aromatic N) is 1. The molecule has 1 saturated carbocycles. The van der Waals surface area contributed by atoms with Crippen LogP contribution in [0.15, 0.2) is 0 Å². The summed E-state index contributed by atoms with van der Waals surface area (Å²) in [6, 6.07) is 0. The first-order valence-corrected chi connectivity index (χ1v) is 6.20. The summed E-state index contributed by atoms with van der Waals surface area (Å²) in [5, 5.41) is 0. The second-order valence-electron chi connectivity index (χ2n) is 3.23. The highest BCUT2D eigenvalue weighted by atomic mass is 35.5. The molecule has 0 aromatic rings. The first-order valence-electron chi connectivity index (χ1n) is 4.06. The van der Waals surface area contributed by atoms with Gasteiger partial charge in [-0.15, -0.1) is 11.6 Å². The Morgan fingerprint density at radius 2 is 2.08 bits per heavy atom. The third kappa shape index (κ3) is 2.92. The molecule has 1 aliphatic rings. The fourth-order valence-electron chi connectivity index (χ4n) is 1.03. The molecule has 3 nitrogen and oxygen atoms in total. The Balaban J connectivity index is 2.42. The number of hydrogen-bond acceptors (Lipinski definition) is 2. The van der Waals surface area contributed by atoms with E-state index < -0.39 is 10.0 Å². The smallest absolute Gasteiger partial charge is 0.212 e. The second-order valence-corrected chi connectivity index (χ2v) is 5.80. The van der Waals surface area contributed by atoms with Crippen LogP contribution in [0.5, 0.6) is 0 Å². The van der Waals surface area contributed by atoms with Crippen molar-refractivity contribution in [3.63, 3.8) is 0 Å². The van der Waals surface area contributed by atoms with Gasteiger partial charge in [-0.25, -0.2) is 12.7 Å². The van der Waals surface area contributed by atoms with Crippen LogP contribution in [0, 0.1) is 5.92 Å². The van der Waals surface area contributed by atoms with Crippen molar-refractivity contribution in [2.75, 3.05) is 25.2 Å². The minimum atomic E-state index is -3.06. The lowest BCUT2D eigenvalue weighted by Gasteiger charge is -2.15. The van der Waals surface area contributed by atoms with Crippen molar-refractivity contribution < 1.29 is 8.42 Å². The summed E-state index contributed by atoms with van der Waals surface area (Å²) in [6.07, 6.45) is 2.33. The highest BCUT2D eigenvalue weighted by molar-refractivity contribution is 7.89. The van der Waals surface area contributed by atoms with E-state index in [1.165, 1.54) is 17.1 Å². The Morgan fingerprint density at radius 3 is 2.50 bits per heavy atom. The van der Waals surface area contributed by atoms with Crippen molar-refractivity contribution in [2.45, 2.75) is 12.8 Å². The summed E-state index contributed by atoms with van der Waals surface area (Å²) in [7, 11) is -1.44. The van der Waals surface area contributed by atoms with Gasteiger partial charge in [0.05, 0.1) is 5.75 Å². The van der Waals surface area contributed by atoms with E-state index in [9.17, 15) is 8.42 Å². The van der Waals surface area contributed by atoms with Gasteiger partial charge >= 0.3 is 0 Å². The number of rotatable bonds is 5. The molecule has 0 spiro atoms. The van der Waals surface area contributed by atoms with Crippen LogP contribution in [0.4, 0.5) is 0 Å². The van der Waals surface area contributed by atoms with Gasteiger partial charge in [0.1, 0.15) is 0 Å². The van der Waals surface area contributed by atoms with E-state index in [4.69, 9.17) is 11.6 Å². The van der Waals surface area contributed by atoms with Crippen LogP contribution in [-0.4, -0.2) is 37.9 Å². The molecule has 0 saturated heterocycles. The monoisotopic (exact) mass is 211 g/mol. The van der Waals surface area contributed by atoms with E-state index in [-0.39, 0.29) is 11.6 Å². The molecule has 0 aromatic heterocycles. The van der Waals surface area contributed by atoms with Gasteiger partial charge in [-0.2, -0.15) is 0 Å².